The van der Waals surface area contributed by atoms with Crippen molar-refractivity contribution in [3.05, 3.63) is 65.2 Å². The minimum absolute atomic E-state index is 0.883. The maximum absolute atomic E-state index is 5.97. The standard InChI is InChI=1S/C17H22N2/c1-3-19(12-15-8-5-4-6-9-15)13-16-10-7-11-17(18)14(16)2/h4-11H,3,12-13,18H2,1-2H3. The predicted octanol–water partition coefficient (Wildman–Crippen LogP) is 3.60. The van der Waals surface area contributed by atoms with Crippen LogP contribution in [0.2, 0.25) is 0 Å². The molecule has 0 radical (unpaired) electrons. The number of nitrogens with two attached hydrogens (primary N) is 1. The Hall–Kier alpha value is -1.80. The van der Waals surface area contributed by atoms with E-state index in [1.54, 1.807) is 0 Å². The van der Waals surface area contributed by atoms with Crippen LogP contribution in [0.15, 0.2) is 48.5 Å². The lowest BCUT2D eigenvalue weighted by molar-refractivity contribution is 0.271. The quantitative estimate of drug-likeness (QED) is 0.826. The van der Waals surface area contributed by atoms with Crippen molar-refractivity contribution in [2.75, 3.05) is 12.3 Å². The first-order chi connectivity index (χ1) is 9.20. The average Bonchev–Trinajstić information content (AvgIpc) is 2.44. The SMILES string of the molecule is CCN(Cc1ccccc1)Cc1cccc(N)c1C. The molecule has 0 aliphatic heterocycles. The van der Waals surface area contributed by atoms with E-state index < -0.39 is 0 Å². The highest BCUT2D eigenvalue weighted by Gasteiger charge is 2.07. The van der Waals surface area contributed by atoms with Gasteiger partial charge in [-0.25, -0.2) is 0 Å². The van der Waals surface area contributed by atoms with Crippen molar-refractivity contribution in [2.45, 2.75) is 26.9 Å². The van der Waals surface area contributed by atoms with Gasteiger partial charge in [0.2, 0.25) is 0 Å². The van der Waals surface area contributed by atoms with E-state index in [-0.39, 0.29) is 0 Å². The van der Waals surface area contributed by atoms with Crippen LogP contribution in [0.25, 0.3) is 0 Å². The summed E-state index contributed by atoms with van der Waals surface area (Å²) in [7, 11) is 0. The van der Waals surface area contributed by atoms with Crippen molar-refractivity contribution >= 4 is 5.69 Å². The second kappa shape index (κ2) is 6.39. The summed E-state index contributed by atoms with van der Waals surface area (Å²) in [6.45, 7) is 7.25. The van der Waals surface area contributed by atoms with Gasteiger partial charge in [-0.15, -0.1) is 0 Å². The van der Waals surface area contributed by atoms with E-state index in [9.17, 15) is 0 Å². The third kappa shape index (κ3) is 3.58. The van der Waals surface area contributed by atoms with E-state index in [0.717, 1.165) is 25.3 Å². The highest BCUT2D eigenvalue weighted by molar-refractivity contribution is 5.49. The van der Waals surface area contributed by atoms with Crippen molar-refractivity contribution in [3.8, 4) is 0 Å². The van der Waals surface area contributed by atoms with Gasteiger partial charge in [-0.3, -0.25) is 4.90 Å². The number of nitrogen functional groups attached to an aromatic ring is 1. The van der Waals surface area contributed by atoms with Crippen LogP contribution in [0.1, 0.15) is 23.6 Å². The Labute approximate surface area is 115 Å². The maximum atomic E-state index is 5.97. The number of nitrogens with zero attached hydrogens (tertiary/aromatic N) is 1. The first-order valence-corrected chi connectivity index (χ1v) is 6.81. The Bertz CT molecular complexity index is 520. The zero-order valence-electron chi connectivity index (χ0n) is 11.8. The van der Waals surface area contributed by atoms with Gasteiger partial charge in [0, 0.05) is 18.8 Å². The predicted molar refractivity (Wildman–Crippen MR) is 81.8 cm³/mol. The van der Waals surface area contributed by atoms with Gasteiger partial charge in [-0.05, 0) is 36.2 Å². The van der Waals surface area contributed by atoms with Crippen LogP contribution in [0.3, 0.4) is 0 Å². The molecule has 19 heavy (non-hydrogen) atoms. The first kappa shape index (κ1) is 13.6. The van der Waals surface area contributed by atoms with Gasteiger partial charge >= 0.3 is 0 Å². The lowest BCUT2D eigenvalue weighted by atomic mass is 10.1. The molecule has 2 nitrogen and oxygen atoms in total. The minimum Gasteiger partial charge on any atom is -0.399 e. The summed E-state index contributed by atoms with van der Waals surface area (Å²) in [6, 6.07) is 16.8. The highest BCUT2D eigenvalue weighted by atomic mass is 15.1. The van der Waals surface area contributed by atoms with E-state index in [1.807, 2.05) is 12.1 Å². The molecule has 2 aromatic carbocycles. The summed E-state index contributed by atoms with van der Waals surface area (Å²) in [5.74, 6) is 0. The zero-order valence-corrected chi connectivity index (χ0v) is 11.8. The molecule has 2 heteroatoms. The van der Waals surface area contributed by atoms with E-state index in [0.29, 0.717) is 0 Å². The van der Waals surface area contributed by atoms with Gasteiger partial charge in [-0.2, -0.15) is 0 Å². The van der Waals surface area contributed by atoms with E-state index in [4.69, 9.17) is 5.73 Å². The van der Waals surface area contributed by atoms with Crippen LogP contribution in [0.4, 0.5) is 5.69 Å². The number of anilines is 1. The Balaban J connectivity index is 2.09. The molecule has 0 amide bonds. The topological polar surface area (TPSA) is 29.3 Å². The number of benzene rings is 2. The monoisotopic (exact) mass is 254 g/mol. The third-order valence-corrected chi connectivity index (χ3v) is 3.58. The van der Waals surface area contributed by atoms with E-state index in [2.05, 4.69) is 55.1 Å². The van der Waals surface area contributed by atoms with Gasteiger partial charge in [-0.1, -0.05) is 49.4 Å². The van der Waals surface area contributed by atoms with Crippen LogP contribution < -0.4 is 5.73 Å². The second-order valence-electron chi connectivity index (χ2n) is 4.92. The minimum atomic E-state index is 0.883. The Morgan fingerprint density at radius 1 is 0.947 bits per heavy atom. The largest absolute Gasteiger partial charge is 0.399 e. The zero-order chi connectivity index (χ0) is 13.7. The van der Waals surface area contributed by atoms with Crippen molar-refractivity contribution in [1.29, 1.82) is 0 Å². The summed E-state index contributed by atoms with van der Waals surface area (Å²) in [6.07, 6.45) is 0. The molecule has 0 aromatic heterocycles. The molecule has 0 bridgehead atoms. The van der Waals surface area contributed by atoms with E-state index in [1.165, 1.54) is 16.7 Å². The first-order valence-electron chi connectivity index (χ1n) is 6.81. The molecule has 0 heterocycles. The number of rotatable bonds is 5. The number of hydrogen-bond donors (Lipinski definition) is 1. The molecular formula is C17H22N2. The van der Waals surface area contributed by atoms with Gasteiger partial charge in [0.05, 0.1) is 0 Å². The summed E-state index contributed by atoms with van der Waals surface area (Å²) < 4.78 is 0. The maximum Gasteiger partial charge on any atom is 0.0346 e. The number of hydrogen-bond acceptors (Lipinski definition) is 2. The smallest absolute Gasteiger partial charge is 0.0346 e. The Kier molecular flexibility index (Phi) is 4.58. The lowest BCUT2D eigenvalue weighted by Gasteiger charge is -2.22. The normalized spacial score (nSPS) is 10.9. The van der Waals surface area contributed by atoms with Crippen LogP contribution in [0, 0.1) is 6.92 Å². The fraction of sp³-hybridized carbons (Fsp3) is 0.294. The van der Waals surface area contributed by atoms with Crippen molar-refractivity contribution in [1.82, 2.24) is 4.90 Å². The van der Waals surface area contributed by atoms with Crippen LogP contribution in [-0.4, -0.2) is 11.4 Å². The van der Waals surface area contributed by atoms with E-state index >= 15 is 0 Å². The molecule has 2 rings (SSSR count). The third-order valence-electron chi connectivity index (χ3n) is 3.58. The van der Waals surface area contributed by atoms with Gasteiger partial charge in [0.15, 0.2) is 0 Å². The van der Waals surface area contributed by atoms with Gasteiger partial charge in [0.25, 0.3) is 0 Å². The van der Waals surface area contributed by atoms with Crippen LogP contribution >= 0.6 is 0 Å². The summed E-state index contributed by atoms with van der Waals surface area (Å²) in [4.78, 5) is 2.43. The molecule has 0 aliphatic carbocycles. The van der Waals surface area contributed by atoms with Crippen LogP contribution in [-0.2, 0) is 13.1 Å². The van der Waals surface area contributed by atoms with Crippen molar-refractivity contribution in [2.24, 2.45) is 0 Å². The molecule has 0 saturated heterocycles. The summed E-state index contributed by atoms with van der Waals surface area (Å²) in [5, 5.41) is 0. The van der Waals surface area contributed by atoms with Crippen molar-refractivity contribution < 1.29 is 0 Å². The molecule has 2 N–H and O–H groups in total. The fourth-order valence-corrected chi connectivity index (χ4v) is 2.24. The molecular weight excluding hydrogens is 232 g/mol. The molecule has 2 aromatic rings. The van der Waals surface area contributed by atoms with Gasteiger partial charge in [0.1, 0.15) is 0 Å². The summed E-state index contributed by atoms with van der Waals surface area (Å²) >= 11 is 0. The lowest BCUT2D eigenvalue weighted by Crippen LogP contribution is -2.22. The van der Waals surface area contributed by atoms with Crippen molar-refractivity contribution in [3.63, 3.8) is 0 Å². The van der Waals surface area contributed by atoms with Gasteiger partial charge < -0.3 is 5.73 Å². The molecule has 100 valence electrons. The molecule has 0 spiro atoms. The molecule has 0 fully saturated rings. The summed E-state index contributed by atoms with van der Waals surface area (Å²) in [5.41, 5.74) is 10.7. The average molecular weight is 254 g/mol. The fourth-order valence-electron chi connectivity index (χ4n) is 2.24. The molecule has 0 saturated carbocycles. The molecule has 0 aliphatic rings. The Morgan fingerprint density at radius 2 is 1.68 bits per heavy atom. The van der Waals surface area contributed by atoms with Crippen LogP contribution in [0.5, 0.6) is 0 Å². The Morgan fingerprint density at radius 3 is 2.37 bits per heavy atom. The molecule has 0 unspecified atom stereocenters. The second-order valence-corrected chi connectivity index (χ2v) is 4.92. The molecule has 0 atom stereocenters. The highest BCUT2D eigenvalue weighted by Crippen LogP contribution is 2.18.